The molecule has 1 amide bonds. The van der Waals surface area contributed by atoms with Crippen molar-refractivity contribution in [1.29, 1.82) is 0 Å². The first-order chi connectivity index (χ1) is 19.1. The van der Waals surface area contributed by atoms with Gasteiger partial charge in [-0.2, -0.15) is 10.2 Å². The predicted molar refractivity (Wildman–Crippen MR) is 159 cm³/mol. The molecule has 8 nitrogen and oxygen atoms in total. The van der Waals surface area contributed by atoms with Crippen LogP contribution in [0.4, 0.5) is 5.82 Å². The zero-order valence-electron chi connectivity index (χ0n) is 24.0. The van der Waals surface area contributed by atoms with Crippen molar-refractivity contribution in [3.8, 4) is 11.4 Å². The smallest absolute Gasteiger partial charge is 0.257 e. The van der Waals surface area contributed by atoms with Gasteiger partial charge in [-0.05, 0) is 88.1 Å². The van der Waals surface area contributed by atoms with Gasteiger partial charge in [0.1, 0.15) is 17.1 Å². The Hall–Kier alpha value is -3.78. The Kier molecular flexibility index (Phi) is 7.40. The maximum absolute atomic E-state index is 14.0. The van der Waals surface area contributed by atoms with Crippen molar-refractivity contribution in [3.63, 3.8) is 0 Å². The average Bonchev–Trinajstić information content (AvgIpc) is 3.56. The monoisotopic (exact) mass is 560 g/mol. The molecule has 4 aromatic rings. The second-order valence-corrected chi connectivity index (χ2v) is 11.5. The molecule has 210 valence electrons. The van der Waals surface area contributed by atoms with Crippen LogP contribution >= 0.6 is 11.6 Å². The number of carbonyl (C=O) groups is 1. The molecule has 1 aliphatic rings. The Labute approximate surface area is 240 Å². The molecule has 0 radical (unpaired) electrons. The highest BCUT2D eigenvalue weighted by Crippen LogP contribution is 2.41. The fourth-order valence-corrected chi connectivity index (χ4v) is 5.79. The number of methoxy groups -OCH3 is 1. The van der Waals surface area contributed by atoms with Crippen molar-refractivity contribution in [2.45, 2.75) is 71.0 Å². The summed E-state index contributed by atoms with van der Waals surface area (Å²) < 4.78 is 9.28. The fraction of sp³-hybridized carbons (Fsp3) is 0.387. The Morgan fingerprint density at radius 2 is 1.90 bits per heavy atom. The van der Waals surface area contributed by atoms with Gasteiger partial charge in [-0.1, -0.05) is 37.6 Å². The molecule has 3 heterocycles. The first-order valence-electron chi connectivity index (χ1n) is 13.8. The van der Waals surface area contributed by atoms with Gasteiger partial charge in [-0.15, -0.1) is 0 Å². The minimum atomic E-state index is -0.648. The summed E-state index contributed by atoms with van der Waals surface area (Å²) in [5.41, 5.74) is 3.39. The van der Waals surface area contributed by atoms with Crippen molar-refractivity contribution < 1.29 is 9.53 Å². The number of hydrogen-bond donors (Lipinski definition) is 2. The van der Waals surface area contributed by atoms with Crippen LogP contribution in [0.1, 0.15) is 80.3 Å². The van der Waals surface area contributed by atoms with Crippen LogP contribution in [0.15, 0.2) is 60.8 Å². The summed E-state index contributed by atoms with van der Waals surface area (Å²) in [6.07, 6.45) is 3.84. The van der Waals surface area contributed by atoms with E-state index in [2.05, 4.69) is 55.6 Å². The molecule has 0 bridgehead atoms. The highest BCUT2D eigenvalue weighted by atomic mass is 35.5. The van der Waals surface area contributed by atoms with Gasteiger partial charge in [0.15, 0.2) is 0 Å². The number of rotatable bonds is 8. The van der Waals surface area contributed by atoms with Crippen LogP contribution in [0.2, 0.25) is 5.02 Å². The molecule has 2 aromatic heterocycles. The highest BCUT2D eigenvalue weighted by molar-refractivity contribution is 6.30. The standard InChI is InChI=1S/C31H37ClN6O2/c1-7-31(8-2,27-16-20(3)37(36-27)23-14-12-22(32)13-15-23)35-29(39)25-19-33-38-28(25)34-26(18-30(38,4)5)21-10-9-11-24(17-21)40-6/h9-17,19,26,34H,7-8,18H2,1-6H3,(H,35,39). The number of aromatic nitrogens is 4. The molecule has 0 spiro atoms. The third kappa shape index (κ3) is 4.96. The number of benzene rings is 2. The number of carbonyl (C=O) groups excluding carboxylic acids is 1. The predicted octanol–water partition coefficient (Wildman–Crippen LogP) is 6.78. The van der Waals surface area contributed by atoms with Crippen LogP contribution in [0.3, 0.4) is 0 Å². The minimum absolute atomic E-state index is 0.000631. The largest absolute Gasteiger partial charge is 0.497 e. The molecule has 40 heavy (non-hydrogen) atoms. The molecule has 5 rings (SSSR count). The van der Waals surface area contributed by atoms with E-state index in [1.54, 1.807) is 13.3 Å². The molecule has 0 saturated carbocycles. The Balaban J connectivity index is 1.47. The number of hydrogen-bond acceptors (Lipinski definition) is 5. The lowest BCUT2D eigenvalue weighted by Crippen LogP contribution is -2.46. The Bertz CT molecular complexity index is 1520. The van der Waals surface area contributed by atoms with Crippen LogP contribution in [0.5, 0.6) is 5.75 Å². The molecule has 1 atom stereocenters. The number of ether oxygens (including phenoxy) is 1. The highest BCUT2D eigenvalue weighted by Gasteiger charge is 2.39. The van der Waals surface area contributed by atoms with Crippen LogP contribution in [-0.4, -0.2) is 32.6 Å². The van der Waals surface area contributed by atoms with E-state index in [9.17, 15) is 4.79 Å². The van der Waals surface area contributed by atoms with E-state index in [4.69, 9.17) is 21.4 Å². The number of nitrogens with one attached hydrogen (secondary N) is 2. The zero-order valence-corrected chi connectivity index (χ0v) is 24.7. The van der Waals surface area contributed by atoms with E-state index >= 15 is 0 Å². The Morgan fingerprint density at radius 1 is 1.18 bits per heavy atom. The summed E-state index contributed by atoms with van der Waals surface area (Å²) in [5, 5.41) is 17.2. The van der Waals surface area contributed by atoms with Gasteiger partial charge < -0.3 is 15.4 Å². The van der Waals surface area contributed by atoms with Crippen molar-refractivity contribution in [3.05, 3.63) is 88.3 Å². The van der Waals surface area contributed by atoms with E-state index in [0.29, 0.717) is 29.2 Å². The summed E-state index contributed by atoms with van der Waals surface area (Å²) >= 11 is 6.10. The van der Waals surface area contributed by atoms with Crippen LogP contribution in [0, 0.1) is 6.92 Å². The van der Waals surface area contributed by atoms with Crippen LogP contribution < -0.4 is 15.4 Å². The number of aryl methyl sites for hydroxylation is 1. The Morgan fingerprint density at radius 3 is 2.58 bits per heavy atom. The SMILES string of the molecule is CCC(CC)(NC(=O)c1cnn2c1NC(c1cccc(OC)c1)CC2(C)C)c1cc(C)n(-c2ccc(Cl)cc2)n1. The maximum atomic E-state index is 14.0. The van der Waals surface area contributed by atoms with Gasteiger partial charge in [0.05, 0.1) is 41.8 Å². The molecule has 1 aliphatic heterocycles. The molecule has 2 aromatic carbocycles. The quantitative estimate of drug-likeness (QED) is 0.248. The zero-order chi connectivity index (χ0) is 28.7. The molecule has 0 aliphatic carbocycles. The molecular weight excluding hydrogens is 524 g/mol. The van der Waals surface area contributed by atoms with Gasteiger partial charge in [0, 0.05) is 10.7 Å². The third-order valence-electron chi connectivity index (χ3n) is 8.11. The summed E-state index contributed by atoms with van der Waals surface area (Å²) in [4.78, 5) is 14.0. The maximum Gasteiger partial charge on any atom is 0.257 e. The van der Waals surface area contributed by atoms with Crippen molar-refractivity contribution in [1.82, 2.24) is 24.9 Å². The van der Waals surface area contributed by atoms with Gasteiger partial charge in [-0.25, -0.2) is 9.36 Å². The topological polar surface area (TPSA) is 86.0 Å². The van der Waals surface area contributed by atoms with E-state index in [1.165, 1.54) is 0 Å². The first-order valence-corrected chi connectivity index (χ1v) is 14.1. The fourth-order valence-electron chi connectivity index (χ4n) is 5.66. The third-order valence-corrected chi connectivity index (χ3v) is 8.36. The molecule has 9 heteroatoms. The number of halogens is 1. The van der Waals surface area contributed by atoms with Crippen LogP contribution in [-0.2, 0) is 11.1 Å². The lowest BCUT2D eigenvalue weighted by Gasteiger charge is -2.38. The normalized spacial score (nSPS) is 16.2. The second kappa shape index (κ2) is 10.7. The average molecular weight is 561 g/mol. The van der Waals surface area contributed by atoms with E-state index in [0.717, 1.165) is 34.8 Å². The second-order valence-electron chi connectivity index (χ2n) is 11.1. The first kappa shape index (κ1) is 27.8. The van der Waals surface area contributed by atoms with E-state index < -0.39 is 5.54 Å². The van der Waals surface area contributed by atoms with Gasteiger partial charge >= 0.3 is 0 Å². The number of nitrogens with zero attached hydrogens (tertiary/aromatic N) is 4. The number of amides is 1. The van der Waals surface area contributed by atoms with Crippen molar-refractivity contribution >= 4 is 23.3 Å². The van der Waals surface area contributed by atoms with Gasteiger partial charge in [0.25, 0.3) is 5.91 Å². The molecule has 0 fully saturated rings. The molecular formula is C31H37ClN6O2. The van der Waals surface area contributed by atoms with E-state index in [-0.39, 0.29) is 17.5 Å². The molecule has 2 N–H and O–H groups in total. The molecule has 1 unspecified atom stereocenters. The van der Waals surface area contributed by atoms with Gasteiger partial charge in [-0.3, -0.25) is 4.79 Å². The number of anilines is 1. The summed E-state index contributed by atoms with van der Waals surface area (Å²) in [7, 11) is 1.67. The lowest BCUT2D eigenvalue weighted by atomic mass is 9.88. The lowest BCUT2D eigenvalue weighted by molar-refractivity contribution is 0.0887. The van der Waals surface area contributed by atoms with Gasteiger partial charge in [0.2, 0.25) is 0 Å². The summed E-state index contributed by atoms with van der Waals surface area (Å²) in [6.45, 7) is 10.5. The van der Waals surface area contributed by atoms with E-state index in [1.807, 2.05) is 58.8 Å². The molecule has 0 saturated heterocycles. The van der Waals surface area contributed by atoms with Crippen molar-refractivity contribution in [2.75, 3.05) is 12.4 Å². The number of fused-ring (bicyclic) bond motifs is 1. The summed E-state index contributed by atoms with van der Waals surface area (Å²) in [6, 6.07) is 17.7. The van der Waals surface area contributed by atoms with Crippen LogP contribution in [0.25, 0.3) is 5.69 Å². The minimum Gasteiger partial charge on any atom is -0.497 e. The van der Waals surface area contributed by atoms with Crippen molar-refractivity contribution in [2.24, 2.45) is 0 Å². The summed E-state index contributed by atoms with van der Waals surface area (Å²) in [5.74, 6) is 1.34.